The molecule has 2 heteroatoms. The highest BCUT2D eigenvalue weighted by Gasteiger charge is 2.17. The molecular weight excluding hydrogens is 436 g/mol. The van der Waals surface area contributed by atoms with Crippen molar-refractivity contribution in [1.82, 2.24) is 0 Å². The molecule has 0 unspecified atom stereocenters. The number of benzene rings is 5. The van der Waals surface area contributed by atoms with Crippen LogP contribution in [0.3, 0.4) is 0 Å². The van der Waals surface area contributed by atoms with Crippen molar-refractivity contribution in [2.45, 2.75) is 27.7 Å². The smallest absolute Gasteiger partial charge is 0.0490 e. The van der Waals surface area contributed by atoms with E-state index in [1.807, 2.05) is 0 Å². The number of hydrogen-bond acceptors (Lipinski definition) is 2. The lowest BCUT2D eigenvalue weighted by Gasteiger charge is -2.30. The SMILES string of the molecule is Cc1ccc(N(c2ccccc2)c2ccc(N(c3ccccc3)c3ccc(C)cc3C)cc2)c(C)c1. The molecule has 36 heavy (non-hydrogen) atoms. The molecule has 0 amide bonds. The normalized spacial score (nSPS) is 10.8. The molecule has 5 aromatic rings. The van der Waals surface area contributed by atoms with Crippen molar-refractivity contribution in [3.8, 4) is 0 Å². The Morgan fingerprint density at radius 2 is 0.694 bits per heavy atom. The van der Waals surface area contributed by atoms with Gasteiger partial charge in [0.2, 0.25) is 0 Å². The molecule has 178 valence electrons. The molecule has 0 spiro atoms. The topological polar surface area (TPSA) is 6.48 Å². The second-order valence-electron chi connectivity index (χ2n) is 9.44. The zero-order valence-corrected chi connectivity index (χ0v) is 21.4. The van der Waals surface area contributed by atoms with Crippen molar-refractivity contribution >= 4 is 34.1 Å². The zero-order chi connectivity index (χ0) is 25.1. The molecule has 0 bridgehead atoms. The van der Waals surface area contributed by atoms with Gasteiger partial charge in [-0.2, -0.15) is 0 Å². The Labute approximate surface area is 215 Å². The molecule has 0 fully saturated rings. The summed E-state index contributed by atoms with van der Waals surface area (Å²) in [5, 5.41) is 0. The van der Waals surface area contributed by atoms with Crippen molar-refractivity contribution in [2.24, 2.45) is 0 Å². The second kappa shape index (κ2) is 10.1. The van der Waals surface area contributed by atoms with Gasteiger partial charge in [0.05, 0.1) is 0 Å². The average Bonchev–Trinajstić information content (AvgIpc) is 2.89. The summed E-state index contributed by atoms with van der Waals surface area (Å²) in [7, 11) is 0. The lowest BCUT2D eigenvalue weighted by Crippen LogP contribution is -2.13. The molecule has 0 saturated heterocycles. The van der Waals surface area contributed by atoms with Crippen LogP contribution in [0, 0.1) is 27.7 Å². The summed E-state index contributed by atoms with van der Waals surface area (Å²) in [5.74, 6) is 0. The van der Waals surface area contributed by atoms with E-state index in [-0.39, 0.29) is 0 Å². The van der Waals surface area contributed by atoms with Crippen LogP contribution in [0.5, 0.6) is 0 Å². The summed E-state index contributed by atoms with van der Waals surface area (Å²) < 4.78 is 0. The fourth-order valence-electron chi connectivity index (χ4n) is 4.87. The third kappa shape index (κ3) is 4.76. The van der Waals surface area contributed by atoms with Gasteiger partial charge in [-0.1, -0.05) is 71.8 Å². The minimum Gasteiger partial charge on any atom is -0.310 e. The van der Waals surface area contributed by atoms with E-state index in [0.717, 1.165) is 22.7 Å². The van der Waals surface area contributed by atoms with E-state index >= 15 is 0 Å². The van der Waals surface area contributed by atoms with E-state index < -0.39 is 0 Å². The fourth-order valence-corrected chi connectivity index (χ4v) is 4.87. The number of hydrogen-bond donors (Lipinski definition) is 0. The number of nitrogens with zero attached hydrogens (tertiary/aromatic N) is 2. The minimum absolute atomic E-state index is 1.13. The van der Waals surface area contributed by atoms with Crippen molar-refractivity contribution in [3.63, 3.8) is 0 Å². The summed E-state index contributed by atoms with van der Waals surface area (Å²) in [6.45, 7) is 8.65. The summed E-state index contributed by atoms with van der Waals surface area (Å²) >= 11 is 0. The lowest BCUT2D eigenvalue weighted by molar-refractivity contribution is 1.22. The Kier molecular flexibility index (Phi) is 6.60. The van der Waals surface area contributed by atoms with Crippen molar-refractivity contribution < 1.29 is 0 Å². The van der Waals surface area contributed by atoms with Crippen LogP contribution in [0.2, 0.25) is 0 Å². The first kappa shape index (κ1) is 23.4. The Morgan fingerprint density at radius 3 is 1.03 bits per heavy atom. The highest BCUT2D eigenvalue weighted by Crippen LogP contribution is 2.40. The molecule has 0 atom stereocenters. The van der Waals surface area contributed by atoms with Gasteiger partial charge >= 0.3 is 0 Å². The van der Waals surface area contributed by atoms with E-state index in [4.69, 9.17) is 0 Å². The third-order valence-corrected chi connectivity index (χ3v) is 6.58. The quantitative estimate of drug-likeness (QED) is 0.245. The summed E-state index contributed by atoms with van der Waals surface area (Å²) in [4.78, 5) is 4.67. The van der Waals surface area contributed by atoms with E-state index in [0.29, 0.717) is 0 Å². The number of anilines is 6. The highest BCUT2D eigenvalue weighted by molar-refractivity contribution is 5.82. The molecule has 0 heterocycles. The van der Waals surface area contributed by atoms with E-state index in [9.17, 15) is 0 Å². The van der Waals surface area contributed by atoms with Crippen LogP contribution in [0.25, 0.3) is 0 Å². The van der Waals surface area contributed by atoms with Gasteiger partial charge in [-0.05, 0) is 99.5 Å². The summed E-state index contributed by atoms with van der Waals surface area (Å²) in [6, 6.07) is 43.4. The Balaban J connectivity index is 1.61. The van der Waals surface area contributed by atoms with Gasteiger partial charge in [0, 0.05) is 34.1 Å². The molecule has 0 N–H and O–H groups in total. The first-order valence-electron chi connectivity index (χ1n) is 12.5. The molecule has 5 aromatic carbocycles. The molecule has 0 aliphatic carbocycles. The minimum atomic E-state index is 1.13. The van der Waals surface area contributed by atoms with Crippen molar-refractivity contribution in [3.05, 3.63) is 144 Å². The molecule has 0 aliphatic rings. The molecule has 0 saturated carbocycles. The van der Waals surface area contributed by atoms with Gasteiger partial charge in [0.25, 0.3) is 0 Å². The third-order valence-electron chi connectivity index (χ3n) is 6.58. The van der Waals surface area contributed by atoms with Crippen LogP contribution in [-0.2, 0) is 0 Å². The number of para-hydroxylation sites is 2. The van der Waals surface area contributed by atoms with Crippen LogP contribution < -0.4 is 9.80 Å². The van der Waals surface area contributed by atoms with Gasteiger partial charge in [-0.15, -0.1) is 0 Å². The highest BCUT2D eigenvalue weighted by atomic mass is 15.2. The maximum absolute atomic E-state index is 2.34. The van der Waals surface area contributed by atoms with E-state index in [1.54, 1.807) is 0 Å². The van der Waals surface area contributed by atoms with Crippen molar-refractivity contribution in [2.75, 3.05) is 9.80 Å². The standard InChI is InChI=1S/C34H32N2/c1-25-15-21-33(27(3)23-25)35(29-11-7-5-8-12-29)31-17-19-32(20-18-31)36(30-13-9-6-10-14-30)34-22-16-26(2)24-28(34)4/h5-24H,1-4H3. The largest absolute Gasteiger partial charge is 0.310 e. The molecule has 5 rings (SSSR count). The first-order chi connectivity index (χ1) is 17.5. The van der Waals surface area contributed by atoms with Crippen LogP contribution in [-0.4, -0.2) is 0 Å². The van der Waals surface area contributed by atoms with Gasteiger partial charge in [-0.25, -0.2) is 0 Å². The summed E-state index contributed by atoms with van der Waals surface area (Å²) in [6.07, 6.45) is 0. The predicted octanol–water partition coefficient (Wildman–Crippen LogP) is 9.86. The zero-order valence-electron chi connectivity index (χ0n) is 21.4. The first-order valence-corrected chi connectivity index (χ1v) is 12.5. The van der Waals surface area contributed by atoms with Crippen LogP contribution in [0.1, 0.15) is 22.3 Å². The molecule has 0 aliphatic heterocycles. The maximum Gasteiger partial charge on any atom is 0.0490 e. The predicted molar refractivity (Wildman–Crippen MR) is 155 cm³/mol. The van der Waals surface area contributed by atoms with Crippen LogP contribution in [0.4, 0.5) is 34.1 Å². The molecule has 0 aromatic heterocycles. The van der Waals surface area contributed by atoms with Gasteiger partial charge in [0.15, 0.2) is 0 Å². The Hall–Kier alpha value is -4.30. The van der Waals surface area contributed by atoms with E-state index in [2.05, 4.69) is 159 Å². The summed E-state index contributed by atoms with van der Waals surface area (Å²) in [5.41, 5.74) is 12.0. The lowest BCUT2D eigenvalue weighted by atomic mass is 10.1. The van der Waals surface area contributed by atoms with Gasteiger partial charge in [0.1, 0.15) is 0 Å². The van der Waals surface area contributed by atoms with Gasteiger partial charge < -0.3 is 9.80 Å². The van der Waals surface area contributed by atoms with Crippen LogP contribution >= 0.6 is 0 Å². The number of rotatable bonds is 6. The van der Waals surface area contributed by atoms with E-state index in [1.165, 1.54) is 33.6 Å². The molecule has 0 radical (unpaired) electrons. The molecular formula is C34H32N2. The van der Waals surface area contributed by atoms with Crippen LogP contribution in [0.15, 0.2) is 121 Å². The monoisotopic (exact) mass is 468 g/mol. The second-order valence-corrected chi connectivity index (χ2v) is 9.44. The average molecular weight is 469 g/mol. The van der Waals surface area contributed by atoms with Gasteiger partial charge in [-0.3, -0.25) is 0 Å². The number of aryl methyl sites for hydroxylation is 4. The van der Waals surface area contributed by atoms with Crippen molar-refractivity contribution in [1.29, 1.82) is 0 Å². The maximum atomic E-state index is 2.34. The Morgan fingerprint density at radius 1 is 0.361 bits per heavy atom. The Bertz CT molecular complexity index is 1340. The molecule has 2 nitrogen and oxygen atoms in total. The fraction of sp³-hybridized carbons (Fsp3) is 0.118.